The van der Waals surface area contributed by atoms with E-state index in [4.69, 9.17) is 9.97 Å². The van der Waals surface area contributed by atoms with E-state index in [0.29, 0.717) is 5.92 Å². The van der Waals surface area contributed by atoms with Crippen molar-refractivity contribution in [1.29, 1.82) is 0 Å². The standard InChI is InChI=1S/C22H35N5S/c1-16(2)20-23-21(19-17-8-5-6-9-18(17)28-22(19)24-20)27-14-12-26(13-15-27)11-7-10-25(3)4/h16H,5-15H2,1-4H3. The number of hydrogen-bond acceptors (Lipinski definition) is 6. The van der Waals surface area contributed by atoms with E-state index < -0.39 is 0 Å². The van der Waals surface area contributed by atoms with Gasteiger partial charge in [-0.2, -0.15) is 0 Å². The Hall–Kier alpha value is -1.24. The van der Waals surface area contributed by atoms with Gasteiger partial charge in [-0.15, -0.1) is 11.3 Å². The van der Waals surface area contributed by atoms with Crippen LogP contribution in [0.5, 0.6) is 0 Å². The number of hydrogen-bond donors (Lipinski definition) is 0. The van der Waals surface area contributed by atoms with Crippen LogP contribution in [0.2, 0.25) is 0 Å². The third-order valence-electron chi connectivity index (χ3n) is 6.08. The molecule has 0 saturated carbocycles. The largest absolute Gasteiger partial charge is 0.353 e. The predicted molar refractivity (Wildman–Crippen MR) is 120 cm³/mol. The zero-order valence-corrected chi connectivity index (χ0v) is 18.8. The van der Waals surface area contributed by atoms with E-state index in [0.717, 1.165) is 32.0 Å². The van der Waals surface area contributed by atoms with Gasteiger partial charge in [-0.05, 0) is 64.9 Å². The lowest BCUT2D eigenvalue weighted by Gasteiger charge is -2.36. The first-order valence-electron chi connectivity index (χ1n) is 11.0. The molecule has 0 N–H and O–H groups in total. The van der Waals surface area contributed by atoms with Gasteiger partial charge in [0.05, 0.1) is 5.39 Å². The van der Waals surface area contributed by atoms with Crippen LogP contribution in [-0.4, -0.2) is 73.1 Å². The van der Waals surface area contributed by atoms with Crippen LogP contribution in [0, 0.1) is 0 Å². The van der Waals surface area contributed by atoms with E-state index in [1.54, 1.807) is 10.4 Å². The highest BCUT2D eigenvalue weighted by Gasteiger charge is 2.26. The molecule has 1 fully saturated rings. The quantitative estimate of drug-likeness (QED) is 0.736. The fraction of sp³-hybridized carbons (Fsp3) is 0.727. The van der Waals surface area contributed by atoms with Crippen molar-refractivity contribution in [3.8, 4) is 0 Å². The molecule has 154 valence electrons. The molecule has 2 aromatic rings. The molecule has 4 rings (SSSR count). The second-order valence-electron chi connectivity index (χ2n) is 8.94. The van der Waals surface area contributed by atoms with E-state index in [2.05, 4.69) is 42.6 Å². The second kappa shape index (κ2) is 8.64. The summed E-state index contributed by atoms with van der Waals surface area (Å²) >= 11 is 1.93. The Morgan fingerprint density at radius 1 is 1.04 bits per heavy atom. The van der Waals surface area contributed by atoms with Crippen molar-refractivity contribution < 1.29 is 0 Å². The van der Waals surface area contributed by atoms with E-state index in [1.165, 1.54) is 61.2 Å². The van der Waals surface area contributed by atoms with Crippen LogP contribution in [-0.2, 0) is 12.8 Å². The summed E-state index contributed by atoms with van der Waals surface area (Å²) in [4.78, 5) is 20.3. The molecule has 3 heterocycles. The first kappa shape index (κ1) is 20.0. The van der Waals surface area contributed by atoms with Gasteiger partial charge in [0, 0.05) is 37.0 Å². The molecule has 0 unspecified atom stereocenters. The van der Waals surface area contributed by atoms with Crippen molar-refractivity contribution >= 4 is 27.4 Å². The Morgan fingerprint density at radius 2 is 1.79 bits per heavy atom. The number of fused-ring (bicyclic) bond motifs is 3. The third-order valence-corrected chi connectivity index (χ3v) is 7.27. The highest BCUT2D eigenvalue weighted by atomic mass is 32.1. The first-order chi connectivity index (χ1) is 13.5. The summed E-state index contributed by atoms with van der Waals surface area (Å²) in [6.45, 7) is 11.2. The number of piperazine rings is 1. The average Bonchev–Trinajstić information content (AvgIpc) is 3.06. The number of rotatable bonds is 6. The van der Waals surface area contributed by atoms with Gasteiger partial charge in [0.2, 0.25) is 0 Å². The van der Waals surface area contributed by atoms with Crippen molar-refractivity contribution in [2.24, 2.45) is 0 Å². The van der Waals surface area contributed by atoms with E-state index in [1.807, 2.05) is 11.3 Å². The van der Waals surface area contributed by atoms with Crippen LogP contribution in [0.25, 0.3) is 10.2 Å². The number of aryl methyl sites for hydroxylation is 2. The lowest BCUT2D eigenvalue weighted by atomic mass is 9.96. The van der Waals surface area contributed by atoms with Crippen LogP contribution in [0.15, 0.2) is 0 Å². The second-order valence-corrected chi connectivity index (χ2v) is 10.0. The third kappa shape index (κ3) is 4.19. The average molecular weight is 402 g/mol. The summed E-state index contributed by atoms with van der Waals surface area (Å²) in [7, 11) is 4.32. The molecule has 6 heteroatoms. The number of thiophene rings is 1. The topological polar surface area (TPSA) is 35.5 Å². The zero-order valence-electron chi connectivity index (χ0n) is 18.0. The van der Waals surface area contributed by atoms with Crippen LogP contribution < -0.4 is 4.90 Å². The molecular formula is C22H35N5S. The van der Waals surface area contributed by atoms with Gasteiger partial charge in [-0.1, -0.05) is 13.8 Å². The molecule has 0 amide bonds. The van der Waals surface area contributed by atoms with Crippen LogP contribution >= 0.6 is 11.3 Å². The molecule has 1 aliphatic heterocycles. The molecule has 0 atom stereocenters. The highest BCUT2D eigenvalue weighted by molar-refractivity contribution is 7.19. The summed E-state index contributed by atoms with van der Waals surface area (Å²) in [6, 6.07) is 0. The molecular weight excluding hydrogens is 366 g/mol. The number of nitrogens with zero attached hydrogens (tertiary/aromatic N) is 5. The maximum Gasteiger partial charge on any atom is 0.141 e. The minimum absolute atomic E-state index is 0.370. The number of anilines is 1. The van der Waals surface area contributed by atoms with Gasteiger partial charge in [0.1, 0.15) is 16.5 Å². The molecule has 0 radical (unpaired) electrons. The molecule has 2 aliphatic rings. The van der Waals surface area contributed by atoms with Gasteiger partial charge >= 0.3 is 0 Å². The van der Waals surface area contributed by atoms with Crippen LogP contribution in [0.1, 0.15) is 55.3 Å². The Bertz CT molecular complexity index is 805. The van der Waals surface area contributed by atoms with E-state index in [9.17, 15) is 0 Å². The SMILES string of the molecule is CC(C)c1nc(N2CCN(CCCN(C)C)CC2)c2c3c(sc2n1)CCCC3. The monoisotopic (exact) mass is 401 g/mol. The van der Waals surface area contributed by atoms with Crippen molar-refractivity contribution in [3.05, 3.63) is 16.3 Å². The normalized spacial score (nSPS) is 18.4. The van der Waals surface area contributed by atoms with Gasteiger partial charge in [-0.25, -0.2) is 9.97 Å². The van der Waals surface area contributed by atoms with Gasteiger partial charge in [0.15, 0.2) is 0 Å². The maximum absolute atomic E-state index is 5.11. The smallest absolute Gasteiger partial charge is 0.141 e. The van der Waals surface area contributed by atoms with Crippen LogP contribution in [0.4, 0.5) is 5.82 Å². The summed E-state index contributed by atoms with van der Waals surface area (Å²) in [5.41, 5.74) is 1.56. The Labute approximate surface area is 173 Å². The Kier molecular flexibility index (Phi) is 6.18. The van der Waals surface area contributed by atoms with Gasteiger partial charge in [0.25, 0.3) is 0 Å². The lowest BCUT2D eigenvalue weighted by Crippen LogP contribution is -2.47. The molecule has 28 heavy (non-hydrogen) atoms. The molecule has 0 spiro atoms. The van der Waals surface area contributed by atoms with Gasteiger partial charge < -0.3 is 9.80 Å². The molecule has 0 aromatic carbocycles. The first-order valence-corrected chi connectivity index (χ1v) is 11.8. The van der Waals surface area contributed by atoms with Crippen molar-refractivity contribution in [3.63, 3.8) is 0 Å². The minimum atomic E-state index is 0.370. The van der Waals surface area contributed by atoms with E-state index in [-0.39, 0.29) is 0 Å². The zero-order chi connectivity index (χ0) is 19.7. The van der Waals surface area contributed by atoms with Crippen LogP contribution in [0.3, 0.4) is 0 Å². The molecule has 2 aromatic heterocycles. The molecule has 0 bridgehead atoms. The van der Waals surface area contributed by atoms with E-state index >= 15 is 0 Å². The minimum Gasteiger partial charge on any atom is -0.353 e. The summed E-state index contributed by atoms with van der Waals surface area (Å²) < 4.78 is 0. The lowest BCUT2D eigenvalue weighted by molar-refractivity contribution is 0.242. The van der Waals surface area contributed by atoms with Crippen molar-refractivity contribution in [2.75, 3.05) is 58.3 Å². The molecule has 1 aliphatic carbocycles. The fourth-order valence-corrected chi connectivity index (χ4v) is 5.70. The Morgan fingerprint density at radius 3 is 2.50 bits per heavy atom. The summed E-state index contributed by atoms with van der Waals surface area (Å²) in [5, 5.41) is 1.38. The molecule has 5 nitrogen and oxygen atoms in total. The highest BCUT2D eigenvalue weighted by Crippen LogP contribution is 2.40. The van der Waals surface area contributed by atoms with Crippen molar-refractivity contribution in [1.82, 2.24) is 19.8 Å². The summed E-state index contributed by atoms with van der Waals surface area (Å²) in [6.07, 6.45) is 6.32. The molecule has 1 saturated heterocycles. The maximum atomic E-state index is 5.11. The number of aromatic nitrogens is 2. The Balaban J connectivity index is 1.57. The van der Waals surface area contributed by atoms with Gasteiger partial charge in [-0.3, -0.25) is 4.90 Å². The summed E-state index contributed by atoms with van der Waals surface area (Å²) in [5.74, 6) is 2.60. The fourth-order valence-electron chi connectivity index (χ4n) is 4.44. The predicted octanol–water partition coefficient (Wildman–Crippen LogP) is 3.77. The van der Waals surface area contributed by atoms with Crippen molar-refractivity contribution in [2.45, 2.75) is 51.9 Å².